The van der Waals surface area contributed by atoms with Crippen LogP contribution in [0.4, 0.5) is 0 Å². The molecule has 128 valence electrons. The van der Waals surface area contributed by atoms with Crippen molar-refractivity contribution < 1.29 is 13.2 Å². The Labute approximate surface area is 140 Å². The molecule has 1 atom stereocenters. The van der Waals surface area contributed by atoms with Crippen molar-refractivity contribution in [2.45, 2.75) is 49.7 Å². The fourth-order valence-electron chi connectivity index (χ4n) is 2.84. The monoisotopic (exact) mass is 358 g/mol. The lowest BCUT2D eigenvalue weighted by Gasteiger charge is -2.27. The predicted octanol–water partition coefficient (Wildman–Crippen LogP) is 1.20. The van der Waals surface area contributed by atoms with Crippen molar-refractivity contribution in [3.8, 4) is 0 Å². The van der Waals surface area contributed by atoms with Gasteiger partial charge in [0.15, 0.2) is 9.84 Å². The molecule has 1 aliphatic carbocycles. The number of rotatable bonds is 7. The molecule has 1 saturated heterocycles. The van der Waals surface area contributed by atoms with Crippen LogP contribution in [-0.2, 0) is 14.6 Å². The Morgan fingerprint density at radius 2 is 2.17 bits per heavy atom. The average Bonchev–Trinajstić information content (AvgIpc) is 3.14. The van der Waals surface area contributed by atoms with Crippen molar-refractivity contribution >= 4 is 27.5 Å². The van der Waals surface area contributed by atoms with Crippen LogP contribution in [0.15, 0.2) is 5.16 Å². The van der Waals surface area contributed by atoms with Crippen molar-refractivity contribution in [2.24, 2.45) is 0 Å². The molecule has 1 unspecified atom stereocenters. The van der Waals surface area contributed by atoms with Crippen LogP contribution in [0.5, 0.6) is 0 Å². The van der Waals surface area contributed by atoms with Gasteiger partial charge in [0.05, 0.1) is 17.3 Å². The van der Waals surface area contributed by atoms with Gasteiger partial charge in [0, 0.05) is 18.5 Å². The number of nitrogens with zero attached hydrogens (tertiary/aromatic N) is 3. The summed E-state index contributed by atoms with van der Waals surface area (Å²) in [6.07, 6.45) is 3.67. The number of aromatic amines is 1. The Hall–Kier alpha value is -1.09. The van der Waals surface area contributed by atoms with Gasteiger partial charge >= 0.3 is 0 Å². The van der Waals surface area contributed by atoms with E-state index in [2.05, 4.69) is 15.2 Å². The maximum absolute atomic E-state index is 12.5. The third kappa shape index (κ3) is 4.26. The van der Waals surface area contributed by atoms with Gasteiger partial charge in [0.2, 0.25) is 11.1 Å². The number of carbonyl (C=O) groups is 1. The molecule has 0 bridgehead atoms. The minimum Gasteiger partial charge on any atom is -0.338 e. The summed E-state index contributed by atoms with van der Waals surface area (Å²) in [4.78, 5) is 18.6. The molecule has 1 amide bonds. The van der Waals surface area contributed by atoms with Crippen molar-refractivity contribution in [3.05, 3.63) is 5.82 Å². The second kappa shape index (κ2) is 6.80. The molecule has 0 aromatic carbocycles. The molecule has 7 nitrogen and oxygen atoms in total. The molecule has 23 heavy (non-hydrogen) atoms. The maximum Gasteiger partial charge on any atom is 0.233 e. The van der Waals surface area contributed by atoms with E-state index in [1.807, 2.05) is 6.92 Å². The van der Waals surface area contributed by atoms with Gasteiger partial charge < -0.3 is 4.90 Å². The largest absolute Gasteiger partial charge is 0.338 e. The highest BCUT2D eigenvalue weighted by atomic mass is 32.2. The highest BCUT2D eigenvalue weighted by Crippen LogP contribution is 2.38. The van der Waals surface area contributed by atoms with Gasteiger partial charge in [0.1, 0.15) is 5.82 Å². The predicted molar refractivity (Wildman–Crippen MR) is 88.1 cm³/mol. The Bertz CT molecular complexity index is 669. The third-order valence-corrected chi connectivity index (χ3v) is 6.79. The van der Waals surface area contributed by atoms with E-state index in [1.54, 1.807) is 4.90 Å². The van der Waals surface area contributed by atoms with Gasteiger partial charge in [-0.3, -0.25) is 9.89 Å². The van der Waals surface area contributed by atoms with Crippen LogP contribution in [0.3, 0.4) is 0 Å². The number of sulfone groups is 1. The second-order valence-electron chi connectivity index (χ2n) is 6.21. The number of hydrogen-bond donors (Lipinski definition) is 1. The van der Waals surface area contributed by atoms with E-state index in [9.17, 15) is 13.2 Å². The summed E-state index contributed by atoms with van der Waals surface area (Å²) in [5.41, 5.74) is 0. The molecule has 1 aromatic heterocycles. The zero-order chi connectivity index (χ0) is 16.4. The number of nitrogens with one attached hydrogen (secondary N) is 1. The smallest absolute Gasteiger partial charge is 0.233 e. The van der Waals surface area contributed by atoms with E-state index in [-0.39, 0.29) is 29.2 Å². The van der Waals surface area contributed by atoms with Crippen LogP contribution in [-0.4, -0.2) is 64.3 Å². The lowest BCUT2D eigenvalue weighted by Crippen LogP contribution is -2.42. The number of H-pyrrole nitrogens is 1. The average molecular weight is 358 g/mol. The second-order valence-corrected chi connectivity index (χ2v) is 9.38. The molecule has 1 saturated carbocycles. The van der Waals surface area contributed by atoms with Crippen molar-refractivity contribution in [3.63, 3.8) is 0 Å². The third-order valence-electron chi connectivity index (χ3n) is 4.21. The molecule has 1 aromatic rings. The first kappa shape index (κ1) is 16.8. The Balaban J connectivity index is 1.57. The molecule has 0 radical (unpaired) electrons. The van der Waals surface area contributed by atoms with E-state index < -0.39 is 9.84 Å². The summed E-state index contributed by atoms with van der Waals surface area (Å²) in [5, 5.41) is 7.65. The quantitative estimate of drug-likeness (QED) is 0.736. The van der Waals surface area contributed by atoms with Gasteiger partial charge in [-0.15, -0.1) is 5.10 Å². The summed E-state index contributed by atoms with van der Waals surface area (Å²) in [6.45, 7) is 2.59. The molecule has 2 aliphatic rings. The van der Waals surface area contributed by atoms with Crippen molar-refractivity contribution in [1.29, 1.82) is 0 Å². The summed E-state index contributed by atoms with van der Waals surface area (Å²) in [6, 6.07) is -0.179. The topological polar surface area (TPSA) is 96.0 Å². The molecular formula is C14H22N4O3S2. The molecule has 9 heteroatoms. The summed E-state index contributed by atoms with van der Waals surface area (Å²) in [5.74, 6) is 1.91. The first-order valence-corrected chi connectivity index (χ1v) is 10.8. The zero-order valence-corrected chi connectivity index (χ0v) is 14.8. The molecule has 1 aliphatic heterocycles. The highest BCUT2D eigenvalue weighted by Gasteiger charge is 2.34. The van der Waals surface area contributed by atoms with Gasteiger partial charge in [-0.1, -0.05) is 18.7 Å². The van der Waals surface area contributed by atoms with Crippen LogP contribution in [0, 0.1) is 0 Å². The Morgan fingerprint density at radius 1 is 1.39 bits per heavy atom. The van der Waals surface area contributed by atoms with E-state index in [1.165, 1.54) is 11.8 Å². The van der Waals surface area contributed by atoms with Gasteiger partial charge in [0.25, 0.3) is 0 Å². The maximum atomic E-state index is 12.5. The van der Waals surface area contributed by atoms with E-state index in [4.69, 9.17) is 0 Å². The van der Waals surface area contributed by atoms with E-state index in [0.29, 0.717) is 24.0 Å². The summed E-state index contributed by atoms with van der Waals surface area (Å²) >= 11 is 1.31. The number of aromatic nitrogens is 3. The number of hydrogen-bond acceptors (Lipinski definition) is 6. The first-order valence-electron chi connectivity index (χ1n) is 8.03. The first-order chi connectivity index (χ1) is 11.0. The molecule has 2 heterocycles. The Morgan fingerprint density at radius 3 is 2.78 bits per heavy atom. The van der Waals surface area contributed by atoms with Crippen LogP contribution >= 0.6 is 11.8 Å². The summed E-state index contributed by atoms with van der Waals surface area (Å²) < 4.78 is 23.3. The van der Waals surface area contributed by atoms with Crippen LogP contribution in [0.2, 0.25) is 0 Å². The SMILES string of the molecule is CCCN(C(=O)CSc1n[nH]c(C2CC2)n1)C1CCS(=O)(=O)C1. The Kier molecular flexibility index (Phi) is 4.96. The number of carbonyl (C=O) groups excluding carboxylic acids is 1. The zero-order valence-electron chi connectivity index (χ0n) is 13.2. The minimum atomic E-state index is -2.99. The molecule has 3 rings (SSSR count). The molecular weight excluding hydrogens is 336 g/mol. The van der Waals surface area contributed by atoms with E-state index in [0.717, 1.165) is 25.1 Å². The highest BCUT2D eigenvalue weighted by molar-refractivity contribution is 7.99. The number of thioether (sulfide) groups is 1. The minimum absolute atomic E-state index is 0.0308. The number of amides is 1. The van der Waals surface area contributed by atoms with Gasteiger partial charge in [-0.05, 0) is 25.7 Å². The van der Waals surface area contributed by atoms with Crippen molar-refractivity contribution in [2.75, 3.05) is 23.8 Å². The lowest BCUT2D eigenvalue weighted by molar-refractivity contribution is -0.130. The van der Waals surface area contributed by atoms with E-state index >= 15 is 0 Å². The van der Waals surface area contributed by atoms with Crippen LogP contribution in [0.25, 0.3) is 0 Å². The summed E-state index contributed by atoms with van der Waals surface area (Å²) in [7, 11) is -2.99. The van der Waals surface area contributed by atoms with Gasteiger partial charge in [-0.25, -0.2) is 13.4 Å². The lowest BCUT2D eigenvalue weighted by atomic mass is 10.2. The molecule has 0 spiro atoms. The molecule has 1 N–H and O–H groups in total. The van der Waals surface area contributed by atoms with Crippen LogP contribution in [0.1, 0.15) is 44.3 Å². The normalized spacial score (nSPS) is 23.1. The molecule has 2 fully saturated rings. The van der Waals surface area contributed by atoms with Crippen molar-refractivity contribution in [1.82, 2.24) is 20.1 Å². The van der Waals surface area contributed by atoms with Crippen LogP contribution < -0.4 is 0 Å². The standard InChI is InChI=1S/C14H22N4O3S2/c1-2-6-18(11-5-7-23(20,21)9-11)12(19)8-22-14-15-13(16-17-14)10-3-4-10/h10-11H,2-9H2,1H3,(H,15,16,17). The fourth-order valence-corrected chi connectivity index (χ4v) is 5.27. The van der Waals surface area contributed by atoms with Gasteiger partial charge in [-0.2, -0.15) is 0 Å². The fraction of sp³-hybridized carbons (Fsp3) is 0.786.